The number of hydrogen-bond acceptors (Lipinski definition) is 11. The number of nitrogens with two attached hydrogens (primary N) is 3. The van der Waals surface area contributed by atoms with Gasteiger partial charge < -0.3 is 61.2 Å². The molecule has 4 aliphatic carbocycles. The monoisotopic (exact) mass is 1060 g/mol. The minimum absolute atomic E-state index is 0. The number of unbranched alkanes of at least 4 members (excludes halogenated alkanes) is 6. The lowest BCUT2D eigenvalue weighted by atomic mass is 9.43. The standard InChI is InChI=1S/C56H110N6O8Si.ClH/c1-6-7-8-9-10-12-29-62(54(64)61-28-35-66-37-39-67-38-36-65-34-27-60-52(63)19-11-13-40-71-5)30-14-18-44(2)47-20-21-48-53-49(43-51(56(47,48)4)70-33-17-26-59)55(3)23-22-46(68-31-15-24-57)41-45(55)42-50(53)69-32-16-25-58;/h44-51,53H,6-43,57-59,71H2,1-5H3,(H,60,63)(H,61,64);1H/t44-,45+,46-,47-,48+,49+,50-,51+,53+,55+,56-;/m1./s1. The van der Waals surface area contributed by atoms with E-state index in [0.717, 1.165) is 110 Å². The van der Waals surface area contributed by atoms with Crippen molar-refractivity contribution in [2.24, 2.45) is 63.5 Å². The number of ether oxygens (including phenoxy) is 6. The number of urea groups is 1. The molecular formula is C56H111ClN6O8Si. The van der Waals surface area contributed by atoms with Gasteiger partial charge >= 0.3 is 6.03 Å². The van der Waals surface area contributed by atoms with Gasteiger partial charge in [-0.05, 0) is 150 Å². The molecule has 0 spiro atoms. The second kappa shape index (κ2) is 37.6. The third-order valence-corrected chi connectivity index (χ3v) is 18.9. The number of nitrogens with one attached hydrogen (secondary N) is 2. The van der Waals surface area contributed by atoms with Crippen molar-refractivity contribution >= 4 is 33.9 Å². The van der Waals surface area contributed by atoms with Gasteiger partial charge in [0, 0.05) is 67.4 Å². The number of rotatable bonds is 41. The highest BCUT2D eigenvalue weighted by atomic mass is 35.5. The lowest BCUT2D eigenvalue weighted by Crippen LogP contribution is -2.63. The average molecular weight is 1060 g/mol. The van der Waals surface area contributed by atoms with Gasteiger partial charge in [0.05, 0.1) is 58.0 Å². The van der Waals surface area contributed by atoms with Crippen molar-refractivity contribution in [3.8, 4) is 0 Å². The van der Waals surface area contributed by atoms with Gasteiger partial charge in [0.2, 0.25) is 5.91 Å². The highest BCUT2D eigenvalue weighted by Gasteiger charge is 2.66. The van der Waals surface area contributed by atoms with E-state index in [0.29, 0.717) is 120 Å². The van der Waals surface area contributed by atoms with Crippen LogP contribution in [0.15, 0.2) is 0 Å². The van der Waals surface area contributed by atoms with Gasteiger partial charge in [-0.2, -0.15) is 0 Å². The SMILES string of the molecule is CCCCCCCCN(CCC[C@@H](C)[C@H]1CC[C@H]2[C@@H]3[C@H](OCCCN)C[C@@H]4C[C@H](OCCCN)CC[C@]4(C)[C@H]3C[C@H](OCCCN)[C@]12C)C(=O)NCCOCCOCCOCCNC(=O)CCCC[SiH2]C.Cl. The van der Waals surface area contributed by atoms with E-state index in [4.69, 9.17) is 45.6 Å². The number of halogens is 1. The van der Waals surface area contributed by atoms with Gasteiger partial charge in [0.15, 0.2) is 0 Å². The van der Waals surface area contributed by atoms with Crippen LogP contribution in [0, 0.1) is 46.3 Å². The van der Waals surface area contributed by atoms with E-state index in [2.05, 4.69) is 49.8 Å². The van der Waals surface area contributed by atoms with Crippen molar-refractivity contribution in [2.75, 3.05) is 105 Å². The van der Waals surface area contributed by atoms with Crippen molar-refractivity contribution in [1.82, 2.24) is 15.5 Å². The largest absolute Gasteiger partial charge is 0.378 e. The number of carbonyl (C=O) groups excluding carboxylic acids is 2. The van der Waals surface area contributed by atoms with Crippen molar-refractivity contribution in [3.05, 3.63) is 0 Å². The predicted octanol–water partition coefficient (Wildman–Crippen LogP) is 8.25. The molecule has 424 valence electrons. The van der Waals surface area contributed by atoms with Gasteiger partial charge in [-0.25, -0.2) is 4.79 Å². The van der Waals surface area contributed by atoms with E-state index in [1.807, 2.05) is 0 Å². The molecule has 3 amide bonds. The van der Waals surface area contributed by atoms with Crippen LogP contribution in [-0.2, 0) is 33.2 Å². The molecule has 0 bridgehead atoms. The molecule has 4 fully saturated rings. The summed E-state index contributed by atoms with van der Waals surface area (Å²) >= 11 is 0. The average Bonchev–Trinajstić information content (AvgIpc) is 3.73. The summed E-state index contributed by atoms with van der Waals surface area (Å²) in [4.78, 5) is 27.7. The third-order valence-electron chi connectivity index (χ3n) is 17.7. The van der Waals surface area contributed by atoms with Crippen molar-refractivity contribution < 1.29 is 38.0 Å². The molecule has 0 aromatic rings. The topological polar surface area (TPSA) is 195 Å². The van der Waals surface area contributed by atoms with Gasteiger partial charge in [-0.3, -0.25) is 4.79 Å². The normalized spacial score (nSPS) is 28.3. The minimum atomic E-state index is 0. The van der Waals surface area contributed by atoms with Gasteiger partial charge in [-0.15, -0.1) is 12.4 Å². The van der Waals surface area contributed by atoms with E-state index in [1.165, 1.54) is 57.4 Å². The van der Waals surface area contributed by atoms with Crippen LogP contribution in [0.5, 0.6) is 0 Å². The van der Waals surface area contributed by atoms with E-state index in [-0.39, 0.29) is 56.9 Å². The zero-order chi connectivity index (χ0) is 51.2. The number of hydrogen-bond donors (Lipinski definition) is 5. The maximum absolute atomic E-state index is 13.7. The molecule has 0 unspecified atom stereocenters. The fourth-order valence-corrected chi connectivity index (χ4v) is 14.6. The molecule has 4 saturated carbocycles. The summed E-state index contributed by atoms with van der Waals surface area (Å²) in [7, 11) is 0.0982. The molecule has 0 saturated heterocycles. The van der Waals surface area contributed by atoms with Crippen molar-refractivity contribution in [1.29, 1.82) is 0 Å². The van der Waals surface area contributed by atoms with E-state index < -0.39 is 0 Å². The van der Waals surface area contributed by atoms with E-state index in [9.17, 15) is 9.59 Å². The quantitative estimate of drug-likeness (QED) is 0.0292. The Kier molecular flexibility index (Phi) is 34.1. The third kappa shape index (κ3) is 21.0. The zero-order valence-electron chi connectivity index (χ0n) is 46.6. The lowest BCUT2D eigenvalue weighted by molar-refractivity contribution is -0.227. The Morgan fingerprint density at radius 1 is 0.681 bits per heavy atom. The maximum Gasteiger partial charge on any atom is 0.317 e. The van der Waals surface area contributed by atoms with Crippen molar-refractivity contribution in [3.63, 3.8) is 0 Å². The van der Waals surface area contributed by atoms with Crippen LogP contribution in [0.3, 0.4) is 0 Å². The van der Waals surface area contributed by atoms with Gasteiger partial charge in [0.25, 0.3) is 0 Å². The molecule has 0 aliphatic heterocycles. The van der Waals surface area contributed by atoms with E-state index in [1.54, 1.807) is 0 Å². The Morgan fingerprint density at radius 2 is 1.31 bits per heavy atom. The summed E-state index contributed by atoms with van der Waals surface area (Å²) in [5, 5.41) is 6.10. The van der Waals surface area contributed by atoms with Gasteiger partial charge in [-0.1, -0.05) is 78.8 Å². The molecule has 72 heavy (non-hydrogen) atoms. The van der Waals surface area contributed by atoms with Crippen LogP contribution in [-0.4, -0.2) is 150 Å². The minimum Gasteiger partial charge on any atom is -0.378 e. The molecule has 11 atom stereocenters. The van der Waals surface area contributed by atoms with Crippen LogP contribution in [0.1, 0.15) is 163 Å². The fourth-order valence-electron chi connectivity index (χ4n) is 13.7. The summed E-state index contributed by atoms with van der Waals surface area (Å²) in [5.74, 6) is 3.32. The molecule has 0 aromatic carbocycles. The van der Waals surface area contributed by atoms with Crippen LogP contribution >= 0.6 is 12.4 Å². The smallest absolute Gasteiger partial charge is 0.317 e. The molecule has 14 nitrogen and oxygen atoms in total. The first kappa shape index (κ1) is 65.2. The summed E-state index contributed by atoms with van der Waals surface area (Å²) in [5.41, 5.74) is 18.2. The Morgan fingerprint density at radius 3 is 1.99 bits per heavy atom. The molecular weight excluding hydrogens is 948 g/mol. The number of carbonyl (C=O) groups is 2. The molecule has 0 aromatic heterocycles. The Balaban J connectivity index is 0.0000137. The van der Waals surface area contributed by atoms with Crippen molar-refractivity contribution in [2.45, 2.75) is 193 Å². The fraction of sp³-hybridized carbons (Fsp3) is 0.964. The zero-order valence-corrected chi connectivity index (χ0v) is 48.9. The number of nitrogens with zero attached hydrogens (tertiary/aromatic N) is 1. The number of amides is 3. The second-order valence-electron chi connectivity index (χ2n) is 22.6. The Bertz CT molecular complexity index is 1420. The highest BCUT2D eigenvalue weighted by molar-refractivity contribution is 6.33. The van der Waals surface area contributed by atoms with Crippen LogP contribution in [0.2, 0.25) is 12.6 Å². The summed E-state index contributed by atoms with van der Waals surface area (Å²) in [6.07, 6.45) is 23.5. The summed E-state index contributed by atoms with van der Waals surface area (Å²) in [6, 6.07) is 1.33. The maximum atomic E-state index is 13.7. The first-order valence-corrected chi connectivity index (χ1v) is 32.0. The molecule has 16 heteroatoms. The second-order valence-corrected chi connectivity index (χ2v) is 24.3. The highest BCUT2D eigenvalue weighted by Crippen LogP contribution is 2.69. The summed E-state index contributed by atoms with van der Waals surface area (Å²) in [6.45, 7) is 21.8. The molecule has 4 rings (SSSR count). The lowest BCUT2D eigenvalue weighted by Gasteiger charge is -2.65. The predicted molar refractivity (Wildman–Crippen MR) is 299 cm³/mol. The molecule has 0 heterocycles. The molecule has 0 radical (unpaired) electrons. The summed E-state index contributed by atoms with van der Waals surface area (Å²) < 4.78 is 37.7. The molecule has 8 N–H and O–H groups in total. The molecule has 4 aliphatic rings. The van der Waals surface area contributed by atoms with Gasteiger partial charge in [0.1, 0.15) is 0 Å². The van der Waals surface area contributed by atoms with Crippen LogP contribution in [0.25, 0.3) is 0 Å². The first-order chi connectivity index (χ1) is 34.6. The van der Waals surface area contributed by atoms with Crippen LogP contribution < -0.4 is 27.8 Å². The first-order valence-electron chi connectivity index (χ1n) is 29.6. The number of fused-ring (bicyclic) bond motifs is 5. The Labute approximate surface area is 447 Å². The Hall–Kier alpha value is -1.11. The van der Waals surface area contributed by atoms with E-state index >= 15 is 0 Å². The van der Waals surface area contributed by atoms with Crippen LogP contribution in [0.4, 0.5) is 4.79 Å².